The maximum absolute atomic E-state index is 6.03. The molecule has 0 radical (unpaired) electrons. The van der Waals surface area contributed by atoms with Crippen LogP contribution in [-0.2, 0) is 22.7 Å². The normalized spacial score (nSPS) is 10.9. The van der Waals surface area contributed by atoms with E-state index in [9.17, 15) is 0 Å². The van der Waals surface area contributed by atoms with E-state index in [1.54, 1.807) is 0 Å². The zero-order valence-electron chi connectivity index (χ0n) is 32.1. The third-order valence-corrected chi connectivity index (χ3v) is 9.29. The fourth-order valence-corrected chi connectivity index (χ4v) is 6.00. The van der Waals surface area contributed by atoms with Crippen molar-refractivity contribution >= 4 is 16.1 Å². The van der Waals surface area contributed by atoms with Gasteiger partial charge in [0.15, 0.2) is 0 Å². The van der Waals surface area contributed by atoms with Crippen molar-refractivity contribution in [3.63, 3.8) is 0 Å². The largest absolute Gasteiger partial charge is 0.377 e. The van der Waals surface area contributed by atoms with Crippen LogP contribution in [0, 0.1) is 46.6 Å². The Morgan fingerprint density at radius 1 is 0.440 bits per heavy atom. The zero-order chi connectivity index (χ0) is 36.2. The van der Waals surface area contributed by atoms with Gasteiger partial charge in [0.05, 0.1) is 13.2 Å². The van der Waals surface area contributed by atoms with Crippen LogP contribution in [0.1, 0.15) is 110 Å². The van der Waals surface area contributed by atoms with Crippen molar-refractivity contribution in [2.24, 2.45) is 0 Å². The van der Waals surface area contributed by atoms with Crippen LogP contribution in [0.3, 0.4) is 0 Å². The summed E-state index contributed by atoms with van der Waals surface area (Å²) in [4.78, 5) is 0. The fourth-order valence-electron chi connectivity index (χ4n) is 4.96. The Morgan fingerprint density at radius 2 is 0.800 bits per heavy atom. The molecule has 0 saturated carbocycles. The molecule has 0 spiro atoms. The third-order valence-electron chi connectivity index (χ3n) is 7.54. The number of ether oxygens (including phenoxy) is 2. The summed E-state index contributed by atoms with van der Waals surface area (Å²) in [5.74, 6) is 20.4. The van der Waals surface area contributed by atoms with Crippen molar-refractivity contribution in [1.29, 1.82) is 0 Å². The molecule has 0 unspecified atom stereocenters. The number of hydrogen-bond acceptors (Lipinski definition) is 2. The van der Waals surface area contributed by atoms with Gasteiger partial charge in [-0.05, 0) is 78.6 Å². The molecular formula is C46H58O2Si2. The van der Waals surface area contributed by atoms with Gasteiger partial charge in [0, 0.05) is 46.6 Å². The summed E-state index contributed by atoms with van der Waals surface area (Å²) >= 11 is 0. The lowest BCUT2D eigenvalue weighted by Gasteiger charge is -2.07. The second-order valence-electron chi connectivity index (χ2n) is 15.1. The smallest absolute Gasteiger partial charge is 0.129 e. The van der Waals surface area contributed by atoms with E-state index < -0.39 is 16.1 Å². The van der Waals surface area contributed by atoms with Gasteiger partial charge in [0.25, 0.3) is 0 Å². The monoisotopic (exact) mass is 698 g/mol. The highest BCUT2D eigenvalue weighted by Crippen LogP contribution is 2.15. The van der Waals surface area contributed by atoms with Gasteiger partial charge in [-0.15, -0.1) is 11.1 Å². The van der Waals surface area contributed by atoms with Crippen LogP contribution in [0.2, 0.25) is 39.3 Å². The average molecular weight is 699 g/mol. The summed E-state index contributed by atoms with van der Waals surface area (Å²) in [5.41, 5.74) is 15.0. The minimum absolute atomic E-state index is 0.575. The average Bonchev–Trinajstić information content (AvgIpc) is 3.07. The Morgan fingerprint density at radius 3 is 1.18 bits per heavy atom. The van der Waals surface area contributed by atoms with E-state index in [4.69, 9.17) is 9.47 Å². The van der Waals surface area contributed by atoms with Gasteiger partial charge in [0.1, 0.15) is 16.1 Å². The molecule has 262 valence electrons. The van der Waals surface area contributed by atoms with Crippen LogP contribution >= 0.6 is 0 Å². The summed E-state index contributed by atoms with van der Waals surface area (Å²) in [7, 11) is -3.02. The predicted octanol–water partition coefficient (Wildman–Crippen LogP) is 11.1. The first kappa shape index (κ1) is 40.7. The van der Waals surface area contributed by atoms with Crippen molar-refractivity contribution in [1.82, 2.24) is 0 Å². The standard InChI is InChI=1S/C46H58O2Si2/c1-9-11-13-15-26-47-37-45-33-41(31-43(35-45)24-28-49(3,4)5)22-20-39-18-17-19-40(30-39)21-23-42-32-44(25-29-50(6,7)8)36-46(34-42)38-48-27-16-14-12-10-2/h17-19,30-36H,9-16,26-27,37-38H2,1-8H3. The molecule has 0 atom stereocenters. The molecule has 0 aliphatic carbocycles. The molecule has 0 aromatic heterocycles. The van der Waals surface area contributed by atoms with E-state index in [1.807, 2.05) is 18.2 Å². The van der Waals surface area contributed by atoms with Gasteiger partial charge >= 0.3 is 0 Å². The van der Waals surface area contributed by atoms with Crippen LogP contribution in [0.25, 0.3) is 0 Å². The molecule has 3 aromatic carbocycles. The number of benzene rings is 3. The molecule has 0 saturated heterocycles. The molecule has 0 heterocycles. The first-order valence-electron chi connectivity index (χ1n) is 18.6. The van der Waals surface area contributed by atoms with E-state index in [2.05, 4.69) is 142 Å². The predicted molar refractivity (Wildman–Crippen MR) is 219 cm³/mol. The maximum Gasteiger partial charge on any atom is 0.129 e. The minimum atomic E-state index is -1.51. The number of hydrogen-bond donors (Lipinski definition) is 0. The summed E-state index contributed by atoms with van der Waals surface area (Å²) in [6.45, 7) is 20.8. The molecule has 0 bridgehead atoms. The Kier molecular flexibility index (Phi) is 17.5. The van der Waals surface area contributed by atoms with E-state index in [0.717, 1.165) is 70.6 Å². The maximum atomic E-state index is 6.03. The molecule has 0 aliphatic heterocycles. The Bertz CT molecular complexity index is 1650. The van der Waals surface area contributed by atoms with Crippen LogP contribution in [0.4, 0.5) is 0 Å². The van der Waals surface area contributed by atoms with Crippen molar-refractivity contribution in [3.05, 3.63) is 105 Å². The quantitative estimate of drug-likeness (QED) is 0.0948. The molecule has 0 aliphatic rings. The molecule has 4 heteroatoms. The second kappa shape index (κ2) is 21.5. The molecule has 3 aromatic rings. The van der Waals surface area contributed by atoms with Gasteiger partial charge in [0.2, 0.25) is 0 Å². The van der Waals surface area contributed by atoms with Crippen LogP contribution in [0.5, 0.6) is 0 Å². The number of rotatable bonds is 14. The van der Waals surface area contributed by atoms with Gasteiger partial charge in [-0.2, -0.15) is 0 Å². The molecular weight excluding hydrogens is 641 g/mol. The lowest BCUT2D eigenvalue weighted by molar-refractivity contribution is 0.116. The Labute approximate surface area is 307 Å². The van der Waals surface area contributed by atoms with Crippen molar-refractivity contribution in [2.75, 3.05) is 13.2 Å². The highest BCUT2D eigenvalue weighted by molar-refractivity contribution is 6.84. The minimum Gasteiger partial charge on any atom is -0.377 e. The van der Waals surface area contributed by atoms with Gasteiger partial charge in [-0.25, -0.2) is 0 Å². The number of unbranched alkanes of at least 4 members (excludes halogenated alkanes) is 6. The highest BCUT2D eigenvalue weighted by Gasteiger charge is 2.09. The topological polar surface area (TPSA) is 18.5 Å². The van der Waals surface area contributed by atoms with E-state index in [0.29, 0.717) is 13.2 Å². The van der Waals surface area contributed by atoms with Crippen LogP contribution < -0.4 is 0 Å². The summed E-state index contributed by atoms with van der Waals surface area (Å²) in [6, 6.07) is 20.9. The highest BCUT2D eigenvalue weighted by atomic mass is 28.3. The van der Waals surface area contributed by atoms with Crippen molar-refractivity contribution in [3.8, 4) is 46.6 Å². The van der Waals surface area contributed by atoms with Crippen molar-refractivity contribution in [2.45, 2.75) is 118 Å². The first-order chi connectivity index (χ1) is 23.9. The van der Waals surface area contributed by atoms with Gasteiger partial charge in [-0.3, -0.25) is 0 Å². The molecule has 0 fully saturated rings. The van der Waals surface area contributed by atoms with E-state index >= 15 is 0 Å². The lowest BCUT2D eigenvalue weighted by atomic mass is 10.0. The van der Waals surface area contributed by atoms with Crippen molar-refractivity contribution < 1.29 is 9.47 Å². The third kappa shape index (κ3) is 17.8. The fraction of sp³-hybridized carbons (Fsp3) is 0.435. The lowest BCUT2D eigenvalue weighted by Crippen LogP contribution is -2.16. The molecule has 0 N–H and O–H groups in total. The first-order valence-corrected chi connectivity index (χ1v) is 25.6. The van der Waals surface area contributed by atoms with Crippen LogP contribution in [0.15, 0.2) is 60.7 Å². The summed E-state index contributed by atoms with van der Waals surface area (Å²) in [5, 5.41) is 0. The van der Waals surface area contributed by atoms with Gasteiger partial charge < -0.3 is 9.47 Å². The Hall–Kier alpha value is -3.75. The zero-order valence-corrected chi connectivity index (χ0v) is 34.1. The summed E-state index contributed by atoms with van der Waals surface area (Å²) in [6.07, 6.45) is 9.61. The summed E-state index contributed by atoms with van der Waals surface area (Å²) < 4.78 is 12.1. The SMILES string of the molecule is CCCCCCOCc1cc(C#Cc2cccc(C#Cc3cc(C#C[Si](C)(C)C)cc(COCCCCCC)c3)c2)cc(C#C[Si](C)(C)C)c1. The van der Waals surface area contributed by atoms with E-state index in [-0.39, 0.29) is 0 Å². The molecule has 3 rings (SSSR count). The second-order valence-corrected chi connectivity index (χ2v) is 24.6. The molecule has 2 nitrogen and oxygen atoms in total. The van der Waals surface area contributed by atoms with Crippen LogP contribution in [-0.4, -0.2) is 29.4 Å². The van der Waals surface area contributed by atoms with E-state index in [1.165, 1.54) is 38.5 Å². The Balaban J connectivity index is 1.83. The van der Waals surface area contributed by atoms with Gasteiger partial charge in [-0.1, -0.05) is 133 Å². The molecule has 0 amide bonds. The molecule has 50 heavy (non-hydrogen) atoms.